The van der Waals surface area contributed by atoms with E-state index < -0.39 is 11.7 Å². The van der Waals surface area contributed by atoms with Gasteiger partial charge in [0, 0.05) is 12.6 Å². The molecule has 0 spiro atoms. The minimum Gasteiger partial charge on any atom is -0.370 e. The van der Waals surface area contributed by atoms with Crippen LogP contribution in [0.5, 0.6) is 0 Å². The highest BCUT2D eigenvalue weighted by molar-refractivity contribution is 14.0. The summed E-state index contributed by atoms with van der Waals surface area (Å²) in [5.41, 5.74) is 6.04. The highest BCUT2D eigenvalue weighted by Gasteiger charge is 2.34. The van der Waals surface area contributed by atoms with Gasteiger partial charge >= 0.3 is 6.18 Å². The SMILES string of the molecule is I.NC(=NCC1CCC1)NC1CC(c2cccc(C(F)(F)F)c2)C1. The molecule has 0 saturated heterocycles. The Hall–Kier alpha value is -0.990. The number of benzene rings is 1. The minimum absolute atomic E-state index is 0. The number of hydrogen-bond acceptors (Lipinski definition) is 1. The molecule has 3 nitrogen and oxygen atoms in total. The van der Waals surface area contributed by atoms with Crippen molar-refractivity contribution in [3.05, 3.63) is 35.4 Å². The van der Waals surface area contributed by atoms with Gasteiger partial charge in [0.1, 0.15) is 0 Å². The number of alkyl halides is 3. The number of nitrogens with zero attached hydrogens (tertiary/aromatic N) is 1. The molecule has 3 N–H and O–H groups in total. The van der Waals surface area contributed by atoms with Crippen LogP contribution in [0.15, 0.2) is 29.3 Å². The molecule has 0 atom stereocenters. The standard InChI is InChI=1S/C17H22F3N3.HI/c18-17(19,20)14-6-2-5-12(7-14)13-8-15(9-13)23-16(21)22-10-11-3-1-4-11;/h2,5-7,11,13,15H,1,3-4,8-10H2,(H3,21,22,23);1H. The molecule has 1 aromatic rings. The molecule has 2 fully saturated rings. The molecule has 2 aliphatic rings. The number of nitrogens with one attached hydrogen (secondary N) is 1. The molecule has 134 valence electrons. The van der Waals surface area contributed by atoms with Crippen molar-refractivity contribution in [2.24, 2.45) is 16.6 Å². The van der Waals surface area contributed by atoms with Crippen molar-refractivity contribution < 1.29 is 13.2 Å². The maximum atomic E-state index is 12.7. The van der Waals surface area contributed by atoms with Crippen LogP contribution in [0, 0.1) is 5.92 Å². The van der Waals surface area contributed by atoms with Gasteiger partial charge in [0.25, 0.3) is 0 Å². The van der Waals surface area contributed by atoms with Crippen molar-refractivity contribution in [3.8, 4) is 0 Å². The van der Waals surface area contributed by atoms with Crippen LogP contribution in [0.1, 0.15) is 49.1 Å². The molecule has 1 aromatic carbocycles. The smallest absolute Gasteiger partial charge is 0.370 e. The van der Waals surface area contributed by atoms with Crippen LogP contribution in [0.4, 0.5) is 13.2 Å². The lowest BCUT2D eigenvalue weighted by Crippen LogP contribution is -2.46. The van der Waals surface area contributed by atoms with Crippen molar-refractivity contribution in [1.29, 1.82) is 0 Å². The van der Waals surface area contributed by atoms with E-state index in [0.29, 0.717) is 11.9 Å². The van der Waals surface area contributed by atoms with Gasteiger partial charge in [-0.2, -0.15) is 13.2 Å². The van der Waals surface area contributed by atoms with Crippen LogP contribution in [-0.4, -0.2) is 18.5 Å². The quantitative estimate of drug-likeness (QED) is 0.407. The first-order valence-electron chi connectivity index (χ1n) is 8.15. The average molecular weight is 453 g/mol. The maximum Gasteiger partial charge on any atom is 0.416 e. The Kier molecular flexibility index (Phi) is 6.39. The highest BCUT2D eigenvalue weighted by atomic mass is 127. The van der Waals surface area contributed by atoms with E-state index in [2.05, 4.69) is 10.3 Å². The lowest BCUT2D eigenvalue weighted by molar-refractivity contribution is -0.137. The molecule has 0 unspecified atom stereocenters. The zero-order chi connectivity index (χ0) is 16.4. The predicted molar refractivity (Wildman–Crippen MR) is 99.6 cm³/mol. The highest BCUT2D eigenvalue weighted by Crippen LogP contribution is 2.39. The minimum atomic E-state index is -4.28. The first kappa shape index (κ1) is 19.3. The fourth-order valence-corrected chi connectivity index (χ4v) is 3.13. The third-order valence-corrected chi connectivity index (χ3v) is 4.92. The molecule has 0 bridgehead atoms. The van der Waals surface area contributed by atoms with Gasteiger partial charge in [0.15, 0.2) is 5.96 Å². The molecule has 0 aromatic heterocycles. The zero-order valence-corrected chi connectivity index (χ0v) is 15.7. The first-order chi connectivity index (χ1) is 10.9. The number of nitrogens with two attached hydrogens (primary N) is 1. The second kappa shape index (κ2) is 7.93. The van der Waals surface area contributed by atoms with Gasteiger partial charge in [-0.15, -0.1) is 24.0 Å². The van der Waals surface area contributed by atoms with E-state index in [1.165, 1.54) is 31.4 Å². The van der Waals surface area contributed by atoms with Gasteiger partial charge in [-0.05, 0) is 49.1 Å². The molecule has 0 radical (unpaired) electrons. The number of halogens is 4. The lowest BCUT2D eigenvalue weighted by Gasteiger charge is -2.36. The average Bonchev–Trinajstić information content (AvgIpc) is 2.40. The molecule has 0 aliphatic heterocycles. The molecular formula is C17H23F3IN3. The van der Waals surface area contributed by atoms with E-state index in [-0.39, 0.29) is 35.9 Å². The van der Waals surface area contributed by atoms with Gasteiger partial charge < -0.3 is 11.1 Å². The number of guanidine groups is 1. The van der Waals surface area contributed by atoms with Gasteiger partial charge in [0.2, 0.25) is 0 Å². The molecular weight excluding hydrogens is 430 g/mol. The van der Waals surface area contributed by atoms with Crippen molar-refractivity contribution in [3.63, 3.8) is 0 Å². The van der Waals surface area contributed by atoms with Crippen LogP contribution >= 0.6 is 24.0 Å². The number of rotatable bonds is 4. The fraction of sp³-hybridized carbons (Fsp3) is 0.588. The van der Waals surface area contributed by atoms with Gasteiger partial charge in [-0.1, -0.05) is 24.6 Å². The van der Waals surface area contributed by atoms with Gasteiger partial charge in [-0.3, -0.25) is 4.99 Å². The summed E-state index contributed by atoms with van der Waals surface area (Å²) in [4.78, 5) is 4.35. The topological polar surface area (TPSA) is 50.4 Å². The molecule has 3 rings (SSSR count). The first-order valence-corrected chi connectivity index (χ1v) is 8.15. The van der Waals surface area contributed by atoms with Crippen molar-refractivity contribution >= 4 is 29.9 Å². The molecule has 0 amide bonds. The Morgan fingerprint density at radius 1 is 1.25 bits per heavy atom. The molecule has 0 heterocycles. The summed E-state index contributed by atoms with van der Waals surface area (Å²) < 4.78 is 38.2. The Bertz CT molecular complexity index is 579. The van der Waals surface area contributed by atoms with Crippen molar-refractivity contribution in [2.75, 3.05) is 6.54 Å². The van der Waals surface area contributed by atoms with E-state index in [9.17, 15) is 13.2 Å². The number of hydrogen-bond donors (Lipinski definition) is 2. The largest absolute Gasteiger partial charge is 0.416 e. The number of aliphatic imine (C=N–C) groups is 1. The molecule has 7 heteroatoms. The third kappa shape index (κ3) is 4.77. The van der Waals surface area contributed by atoms with Crippen LogP contribution in [0.25, 0.3) is 0 Å². The van der Waals surface area contributed by atoms with E-state index >= 15 is 0 Å². The molecule has 24 heavy (non-hydrogen) atoms. The summed E-state index contributed by atoms with van der Waals surface area (Å²) in [5.74, 6) is 1.30. The van der Waals surface area contributed by atoms with E-state index in [0.717, 1.165) is 31.0 Å². The Morgan fingerprint density at radius 2 is 1.96 bits per heavy atom. The Balaban J connectivity index is 0.00000208. The van der Waals surface area contributed by atoms with Crippen LogP contribution in [0.3, 0.4) is 0 Å². The molecule has 2 aliphatic carbocycles. The fourth-order valence-electron chi connectivity index (χ4n) is 3.13. The predicted octanol–water partition coefficient (Wildman–Crippen LogP) is 4.27. The van der Waals surface area contributed by atoms with Crippen LogP contribution < -0.4 is 11.1 Å². The molecule has 2 saturated carbocycles. The summed E-state index contributed by atoms with van der Waals surface area (Å²) in [6, 6.07) is 5.83. The van der Waals surface area contributed by atoms with Gasteiger partial charge in [0.05, 0.1) is 5.56 Å². The van der Waals surface area contributed by atoms with Crippen LogP contribution in [0.2, 0.25) is 0 Å². The lowest BCUT2D eigenvalue weighted by atomic mass is 9.75. The summed E-state index contributed by atoms with van der Waals surface area (Å²) in [5, 5.41) is 3.17. The second-order valence-corrected chi connectivity index (χ2v) is 6.66. The van der Waals surface area contributed by atoms with E-state index in [1.54, 1.807) is 6.07 Å². The second-order valence-electron chi connectivity index (χ2n) is 6.66. The van der Waals surface area contributed by atoms with Crippen molar-refractivity contribution in [2.45, 2.75) is 50.2 Å². The summed E-state index contributed by atoms with van der Waals surface area (Å²) in [6.07, 6.45) is 1.06. The maximum absolute atomic E-state index is 12.7. The Labute approximate surface area is 157 Å². The monoisotopic (exact) mass is 453 g/mol. The normalized spacial score (nSPS) is 24.5. The van der Waals surface area contributed by atoms with Crippen LogP contribution in [-0.2, 0) is 6.18 Å². The Morgan fingerprint density at radius 3 is 2.54 bits per heavy atom. The summed E-state index contributed by atoms with van der Waals surface area (Å²) in [6.45, 7) is 0.780. The zero-order valence-electron chi connectivity index (χ0n) is 13.4. The summed E-state index contributed by atoms with van der Waals surface area (Å²) >= 11 is 0. The third-order valence-electron chi connectivity index (χ3n) is 4.92. The van der Waals surface area contributed by atoms with E-state index in [4.69, 9.17) is 5.73 Å². The van der Waals surface area contributed by atoms with E-state index in [1.807, 2.05) is 0 Å². The van der Waals surface area contributed by atoms with Gasteiger partial charge in [-0.25, -0.2) is 0 Å². The summed E-state index contributed by atoms with van der Waals surface area (Å²) in [7, 11) is 0. The van der Waals surface area contributed by atoms with Crippen molar-refractivity contribution in [1.82, 2.24) is 5.32 Å².